The smallest absolute Gasteiger partial charge is 0.351 e. The Kier molecular flexibility index (Phi) is 23.8. The first-order chi connectivity index (χ1) is 35.2. The third-order valence-corrected chi connectivity index (χ3v) is 10.7. The molecule has 0 aliphatic heterocycles. The van der Waals surface area contributed by atoms with Crippen molar-refractivity contribution in [3.05, 3.63) is 228 Å². The largest absolute Gasteiger partial charge is 0.907 e. The Morgan fingerprint density at radius 2 is 0.405 bits per heavy atom. The highest BCUT2D eigenvalue weighted by Gasteiger charge is 2.17. The molecule has 0 radical (unpaired) electrons. The standard InChI is InChI=1S/3C15H17N3.2C6H6O2.BO3/c3*1-11-7-3-5-9-13(11)18(15(16)17)14-10-6-4-8-12(14)2;2*7-5-3-1-2-4-6(5)8;2-1(3)4/h3*3-10H,1-2H3,(H3,16,17);2*1-4,7-8H;/q;;;;;-3/p+3. The summed E-state index contributed by atoms with van der Waals surface area (Å²) in [6.07, 6.45) is 0. The molecule has 8 aromatic rings. The van der Waals surface area contributed by atoms with Crippen LogP contribution in [0.5, 0.6) is 23.0 Å². The molecule has 0 aliphatic carbocycles. The summed E-state index contributed by atoms with van der Waals surface area (Å²) in [5, 5.41) is 59.9. The van der Waals surface area contributed by atoms with E-state index >= 15 is 0 Å². The van der Waals surface area contributed by atoms with Gasteiger partial charge in [-0.2, -0.15) is 13.7 Å². The molecule has 74 heavy (non-hydrogen) atoms. The van der Waals surface area contributed by atoms with Gasteiger partial charge in [0.1, 0.15) is 34.1 Å². The number of phenolic OH excluding ortho intramolecular Hbond substituents is 4. The van der Waals surface area contributed by atoms with Crippen LogP contribution >= 0.6 is 0 Å². The number of rotatable bonds is 6. The number of phenols is 4. The van der Waals surface area contributed by atoms with E-state index in [2.05, 4.69) is 0 Å². The highest BCUT2D eigenvalue weighted by molar-refractivity contribution is 6.24. The molecule has 0 unspecified atom stereocenters. The quantitative estimate of drug-likeness (QED) is 0.0325. The van der Waals surface area contributed by atoms with Gasteiger partial charge < -0.3 is 35.5 Å². The molecule has 8 aromatic carbocycles. The summed E-state index contributed by atoms with van der Waals surface area (Å²) in [6.45, 7) is 12.3. The van der Waals surface area contributed by atoms with Crippen molar-refractivity contribution in [2.75, 3.05) is 0 Å². The second kappa shape index (κ2) is 29.8. The highest BCUT2D eigenvalue weighted by atomic mass is 16.5. The first-order valence-corrected chi connectivity index (χ1v) is 23.0. The molecule has 384 valence electrons. The lowest BCUT2D eigenvalue weighted by Gasteiger charge is -2.35. The van der Waals surface area contributed by atoms with Gasteiger partial charge in [-0.25, -0.2) is 0 Å². The first-order valence-electron chi connectivity index (χ1n) is 23.0. The van der Waals surface area contributed by atoms with Gasteiger partial charge in [0.15, 0.2) is 23.0 Å². The van der Waals surface area contributed by atoms with Crippen LogP contribution in [-0.4, -0.2) is 45.6 Å². The van der Waals surface area contributed by atoms with Crippen molar-refractivity contribution < 1.29 is 35.5 Å². The molecule has 0 atom stereocenters. The van der Waals surface area contributed by atoms with Crippen LogP contribution in [0.2, 0.25) is 0 Å². The predicted molar refractivity (Wildman–Crippen MR) is 297 cm³/mol. The van der Waals surface area contributed by atoms with E-state index in [1.807, 2.05) is 201 Å². The Balaban J connectivity index is 0.000000248. The molecule has 0 bridgehead atoms. The van der Waals surface area contributed by atoms with Crippen molar-refractivity contribution >= 4 is 59.3 Å². The second-order valence-electron chi connectivity index (χ2n) is 16.3. The SMILES string of the molecule is Cc1ccccc1[N+](=C(N)N)c1ccccc1C.Cc1ccccc1[N+](=C(N)N)c1ccccc1C.Cc1ccccc1[N+](=C(N)N)c1ccccc1C.Oc1ccccc1O.Oc1ccccc1O.[O-]B([O-])[O-]. The van der Waals surface area contributed by atoms with E-state index in [9.17, 15) is 0 Å². The molecular formula is C57H66BN9O7. The van der Waals surface area contributed by atoms with Crippen LogP contribution in [0.15, 0.2) is 194 Å². The van der Waals surface area contributed by atoms with Crippen LogP contribution in [0.3, 0.4) is 0 Å². The van der Waals surface area contributed by atoms with Gasteiger partial charge in [0, 0.05) is 0 Å². The first kappa shape index (κ1) is 59.0. The summed E-state index contributed by atoms with van der Waals surface area (Å²) in [7, 11) is -2.92. The summed E-state index contributed by atoms with van der Waals surface area (Å²) < 4.78 is 5.64. The number of nitrogens with zero attached hydrogens (tertiary/aromatic N) is 3. The van der Waals surface area contributed by atoms with E-state index in [-0.39, 0.29) is 40.9 Å². The van der Waals surface area contributed by atoms with Crippen LogP contribution in [0.1, 0.15) is 33.4 Å². The fourth-order valence-electron chi connectivity index (χ4n) is 7.04. The van der Waals surface area contributed by atoms with Gasteiger partial charge in [-0.1, -0.05) is 133 Å². The molecule has 0 heterocycles. The summed E-state index contributed by atoms with van der Waals surface area (Å²) in [4.78, 5) is 0. The van der Waals surface area contributed by atoms with Crippen molar-refractivity contribution in [3.8, 4) is 23.0 Å². The molecule has 0 aromatic heterocycles. The van der Waals surface area contributed by atoms with Crippen LogP contribution in [0.25, 0.3) is 0 Å². The normalized spacial score (nSPS) is 9.69. The van der Waals surface area contributed by atoms with E-state index in [1.54, 1.807) is 24.3 Å². The van der Waals surface area contributed by atoms with E-state index in [4.69, 9.17) is 69.9 Å². The fraction of sp³-hybridized carbons (Fsp3) is 0.105. The molecule has 0 aliphatic rings. The number of benzene rings is 8. The maximum atomic E-state index is 8.67. The molecule has 16 nitrogen and oxygen atoms in total. The third kappa shape index (κ3) is 18.2. The molecule has 0 amide bonds. The molecule has 0 spiro atoms. The molecule has 16 N–H and O–H groups in total. The molecule has 8 rings (SSSR count). The van der Waals surface area contributed by atoms with Gasteiger partial charge in [-0.05, 0) is 136 Å². The van der Waals surface area contributed by atoms with Crippen molar-refractivity contribution in [3.63, 3.8) is 0 Å². The fourth-order valence-corrected chi connectivity index (χ4v) is 7.04. The number of nitrogens with two attached hydrogens (primary N) is 6. The number of guanidine groups is 3. The van der Waals surface area contributed by atoms with Crippen LogP contribution in [0.4, 0.5) is 34.1 Å². The average Bonchev–Trinajstić information content (AvgIpc) is 3.35. The van der Waals surface area contributed by atoms with E-state index < -0.39 is 7.32 Å². The van der Waals surface area contributed by atoms with Crippen LogP contribution in [-0.2, 0) is 0 Å². The summed E-state index contributed by atoms with van der Waals surface area (Å²) in [5.74, 6) is 0.524. The number of para-hydroxylation sites is 10. The number of aryl methyl sites for hydroxylation is 6. The summed E-state index contributed by atoms with van der Waals surface area (Å²) in [6, 6.07) is 60.6. The van der Waals surface area contributed by atoms with Gasteiger partial charge in [0.2, 0.25) is 0 Å². The van der Waals surface area contributed by atoms with Gasteiger partial charge in [0.25, 0.3) is 0 Å². The van der Waals surface area contributed by atoms with Crippen molar-refractivity contribution in [1.82, 2.24) is 13.7 Å². The van der Waals surface area contributed by atoms with E-state index in [0.717, 1.165) is 67.5 Å². The Bertz CT molecular complexity index is 2660. The summed E-state index contributed by atoms with van der Waals surface area (Å²) in [5.41, 5.74) is 48.0. The van der Waals surface area contributed by atoms with Crippen LogP contribution in [0, 0.1) is 41.5 Å². The third-order valence-electron chi connectivity index (χ3n) is 10.7. The summed E-state index contributed by atoms with van der Waals surface area (Å²) >= 11 is 0. The van der Waals surface area contributed by atoms with Gasteiger partial charge in [-0.15, -0.1) is 0 Å². The molecule has 0 saturated carbocycles. The maximum Gasteiger partial charge on any atom is 0.351 e. The van der Waals surface area contributed by atoms with Gasteiger partial charge in [0.05, 0.1) is 0 Å². The Labute approximate surface area is 433 Å². The Morgan fingerprint density at radius 3 is 0.514 bits per heavy atom. The topological polar surface area (TPSA) is 315 Å². The molecule has 17 heteroatoms. The highest BCUT2D eigenvalue weighted by Crippen LogP contribution is 2.29. The Morgan fingerprint density at radius 1 is 0.284 bits per heavy atom. The maximum absolute atomic E-state index is 8.67. The second-order valence-corrected chi connectivity index (χ2v) is 16.3. The monoisotopic (exact) mass is 1000 g/mol. The zero-order chi connectivity index (χ0) is 54.9. The minimum atomic E-state index is -2.92. The number of hydrogen-bond donors (Lipinski definition) is 10. The zero-order valence-corrected chi connectivity index (χ0v) is 42.4. The molecule has 0 saturated heterocycles. The minimum absolute atomic E-state index is 0.0764. The lowest BCUT2D eigenvalue weighted by Crippen LogP contribution is -2.56. The van der Waals surface area contributed by atoms with Crippen LogP contribution < -0.4 is 63.2 Å². The van der Waals surface area contributed by atoms with E-state index in [1.165, 1.54) is 24.3 Å². The predicted octanol–water partition coefficient (Wildman–Crippen LogP) is 5.48. The van der Waals surface area contributed by atoms with E-state index in [0.29, 0.717) is 0 Å². The lowest BCUT2D eigenvalue weighted by molar-refractivity contribution is -0.479. The van der Waals surface area contributed by atoms with Crippen molar-refractivity contribution in [2.24, 2.45) is 34.4 Å². The molecular weight excluding hydrogens is 933 g/mol. The average molecular weight is 1000 g/mol. The van der Waals surface area contributed by atoms with Crippen molar-refractivity contribution in [2.45, 2.75) is 41.5 Å². The van der Waals surface area contributed by atoms with Crippen molar-refractivity contribution in [1.29, 1.82) is 0 Å². The molecule has 0 fully saturated rings. The Hall–Kier alpha value is -9.29. The zero-order valence-electron chi connectivity index (χ0n) is 42.4. The van der Waals surface area contributed by atoms with Gasteiger partial charge >= 0.3 is 17.9 Å². The number of hydrogen-bond acceptors (Lipinski definition) is 7. The number of aromatic hydroxyl groups is 4. The minimum Gasteiger partial charge on any atom is -0.907 e. The lowest BCUT2D eigenvalue weighted by atomic mass is 10.1. The van der Waals surface area contributed by atoms with Gasteiger partial charge in [-0.3, -0.25) is 41.7 Å².